The van der Waals surface area contributed by atoms with Crippen molar-refractivity contribution in [2.75, 3.05) is 11.9 Å². The quantitative estimate of drug-likeness (QED) is 0.756. The summed E-state index contributed by atoms with van der Waals surface area (Å²) < 4.78 is 6.53. The first kappa shape index (κ1) is 16.7. The van der Waals surface area contributed by atoms with Gasteiger partial charge in [0, 0.05) is 5.92 Å². The summed E-state index contributed by atoms with van der Waals surface area (Å²) in [4.78, 5) is 16.8. The molecule has 2 aromatic rings. The van der Waals surface area contributed by atoms with Crippen molar-refractivity contribution in [1.82, 2.24) is 4.98 Å². The third-order valence-electron chi connectivity index (χ3n) is 3.67. The Labute approximate surface area is 135 Å². The Kier molecular flexibility index (Phi) is 6.19. The van der Waals surface area contributed by atoms with Gasteiger partial charge < -0.3 is 10.1 Å². The van der Waals surface area contributed by atoms with Crippen molar-refractivity contribution in [1.29, 1.82) is 0 Å². The third-order valence-corrected chi connectivity index (χ3v) is 4.60. The van der Waals surface area contributed by atoms with Gasteiger partial charge in [0.05, 0.1) is 16.8 Å². The van der Waals surface area contributed by atoms with E-state index >= 15 is 0 Å². The van der Waals surface area contributed by atoms with Crippen molar-refractivity contribution in [3.63, 3.8) is 0 Å². The Morgan fingerprint density at radius 3 is 2.86 bits per heavy atom. The maximum atomic E-state index is 12.3. The number of rotatable bonds is 8. The number of unbranched alkanes of at least 4 members (excludes halogenated alkanes) is 1. The zero-order chi connectivity index (χ0) is 15.9. The minimum absolute atomic E-state index is 0.0750. The fraction of sp³-hybridized carbons (Fsp3) is 0.529. The molecule has 0 radical (unpaired) electrons. The summed E-state index contributed by atoms with van der Waals surface area (Å²) in [5.41, 5.74) is 0.894. The van der Waals surface area contributed by atoms with Crippen molar-refractivity contribution in [3.8, 4) is 5.75 Å². The maximum absolute atomic E-state index is 12.3. The van der Waals surface area contributed by atoms with Crippen LogP contribution in [0, 0.1) is 5.92 Å². The molecule has 0 aliphatic heterocycles. The third kappa shape index (κ3) is 4.19. The van der Waals surface area contributed by atoms with Crippen LogP contribution >= 0.6 is 11.3 Å². The first-order valence-electron chi connectivity index (χ1n) is 8.02. The largest absolute Gasteiger partial charge is 0.494 e. The van der Waals surface area contributed by atoms with E-state index < -0.39 is 0 Å². The number of carbonyl (C=O) groups is 1. The molecule has 0 spiro atoms. The number of nitrogens with one attached hydrogen (secondary N) is 1. The first-order chi connectivity index (χ1) is 10.7. The Hall–Kier alpha value is -1.62. The van der Waals surface area contributed by atoms with E-state index in [0.717, 1.165) is 41.6 Å². The number of ether oxygens (including phenoxy) is 1. The number of hydrogen-bond acceptors (Lipinski definition) is 4. The summed E-state index contributed by atoms with van der Waals surface area (Å²) in [5, 5.41) is 3.64. The van der Waals surface area contributed by atoms with Gasteiger partial charge in [-0.2, -0.15) is 0 Å². The predicted molar refractivity (Wildman–Crippen MR) is 92.7 cm³/mol. The highest BCUT2D eigenvalue weighted by Gasteiger charge is 2.17. The summed E-state index contributed by atoms with van der Waals surface area (Å²) in [5.74, 6) is 0.997. The summed E-state index contributed by atoms with van der Waals surface area (Å²) in [7, 11) is 0. The van der Waals surface area contributed by atoms with Crippen LogP contribution < -0.4 is 10.1 Å². The number of nitrogens with zero attached hydrogens (tertiary/aromatic N) is 1. The minimum atomic E-state index is 0.0750. The van der Waals surface area contributed by atoms with Crippen molar-refractivity contribution >= 4 is 32.6 Å². The molecule has 5 heteroatoms. The van der Waals surface area contributed by atoms with Crippen LogP contribution in [0.15, 0.2) is 18.2 Å². The van der Waals surface area contributed by atoms with Gasteiger partial charge in [0.25, 0.3) is 0 Å². The molecule has 1 aromatic heterocycles. The van der Waals surface area contributed by atoms with Crippen LogP contribution in [0.5, 0.6) is 5.75 Å². The monoisotopic (exact) mass is 320 g/mol. The van der Waals surface area contributed by atoms with E-state index in [1.807, 2.05) is 25.1 Å². The van der Waals surface area contributed by atoms with Crippen molar-refractivity contribution in [3.05, 3.63) is 18.2 Å². The lowest BCUT2D eigenvalue weighted by Crippen LogP contribution is -2.22. The van der Waals surface area contributed by atoms with Gasteiger partial charge in [0.15, 0.2) is 5.13 Å². The molecule has 0 saturated heterocycles. The maximum Gasteiger partial charge on any atom is 0.229 e. The van der Waals surface area contributed by atoms with Crippen molar-refractivity contribution < 1.29 is 9.53 Å². The standard InChI is InChI=1S/C17H24N2O2S/c1-4-7-8-12(5-2)16(20)19-17-18-14-10-9-13(21-6-3)11-15(14)22-17/h9-12H,4-8H2,1-3H3,(H,18,19,20)/t12-/m0/s1. The molecule has 0 unspecified atom stereocenters. The van der Waals surface area contributed by atoms with Gasteiger partial charge in [0.2, 0.25) is 5.91 Å². The van der Waals surface area contributed by atoms with E-state index in [1.54, 1.807) is 0 Å². The Balaban J connectivity index is 2.08. The fourth-order valence-electron chi connectivity index (χ4n) is 2.39. The lowest BCUT2D eigenvalue weighted by Gasteiger charge is -2.12. The molecule has 1 amide bonds. The number of fused-ring (bicyclic) bond motifs is 1. The molecule has 1 N–H and O–H groups in total. The number of amides is 1. The molecular weight excluding hydrogens is 296 g/mol. The second-order valence-corrected chi connectivity index (χ2v) is 6.35. The second-order valence-electron chi connectivity index (χ2n) is 5.32. The van der Waals surface area contributed by atoms with Gasteiger partial charge in [-0.15, -0.1) is 0 Å². The van der Waals surface area contributed by atoms with Gasteiger partial charge in [-0.1, -0.05) is 38.0 Å². The molecule has 1 aromatic carbocycles. The van der Waals surface area contributed by atoms with Crippen LogP contribution in [0.4, 0.5) is 5.13 Å². The van der Waals surface area contributed by atoms with Crippen LogP contribution in [-0.2, 0) is 4.79 Å². The summed E-state index contributed by atoms with van der Waals surface area (Å²) in [6.07, 6.45) is 4.01. The van der Waals surface area contributed by atoms with Crippen molar-refractivity contribution in [2.24, 2.45) is 5.92 Å². The molecule has 0 aliphatic rings. The molecule has 1 heterocycles. The topological polar surface area (TPSA) is 51.2 Å². The molecule has 0 fully saturated rings. The average Bonchev–Trinajstić information content (AvgIpc) is 2.89. The molecule has 2 rings (SSSR count). The zero-order valence-electron chi connectivity index (χ0n) is 13.5. The summed E-state index contributed by atoms with van der Waals surface area (Å²) in [6.45, 7) is 6.81. The average molecular weight is 320 g/mol. The van der Waals surface area contributed by atoms with Crippen LogP contribution in [0.2, 0.25) is 0 Å². The number of aromatic nitrogens is 1. The minimum Gasteiger partial charge on any atom is -0.494 e. The smallest absolute Gasteiger partial charge is 0.229 e. The molecule has 0 bridgehead atoms. The molecule has 0 aliphatic carbocycles. The molecule has 22 heavy (non-hydrogen) atoms. The number of benzene rings is 1. The lowest BCUT2D eigenvalue weighted by atomic mass is 9.99. The zero-order valence-corrected chi connectivity index (χ0v) is 14.3. The van der Waals surface area contributed by atoms with Gasteiger partial charge in [-0.25, -0.2) is 4.98 Å². The lowest BCUT2D eigenvalue weighted by molar-refractivity contribution is -0.120. The van der Waals surface area contributed by atoms with E-state index in [2.05, 4.69) is 24.1 Å². The number of thiazole rings is 1. The van der Waals surface area contributed by atoms with E-state index in [1.165, 1.54) is 11.3 Å². The summed E-state index contributed by atoms with van der Waals surface area (Å²) >= 11 is 1.49. The summed E-state index contributed by atoms with van der Waals surface area (Å²) in [6, 6.07) is 5.81. The van der Waals surface area contributed by atoms with Gasteiger partial charge in [-0.05, 0) is 38.0 Å². The van der Waals surface area contributed by atoms with Gasteiger partial charge in [-0.3, -0.25) is 4.79 Å². The first-order valence-corrected chi connectivity index (χ1v) is 8.83. The molecule has 1 atom stereocenters. The Morgan fingerprint density at radius 1 is 1.36 bits per heavy atom. The van der Waals surface area contributed by atoms with Crippen molar-refractivity contribution in [2.45, 2.75) is 46.5 Å². The SMILES string of the molecule is CCCC[C@H](CC)C(=O)Nc1nc2ccc(OCC)cc2s1. The molecule has 120 valence electrons. The fourth-order valence-corrected chi connectivity index (χ4v) is 3.29. The highest BCUT2D eigenvalue weighted by Crippen LogP contribution is 2.30. The molecule has 0 saturated carbocycles. The Morgan fingerprint density at radius 2 is 2.18 bits per heavy atom. The number of anilines is 1. The van der Waals surface area contributed by atoms with E-state index in [-0.39, 0.29) is 11.8 Å². The number of carbonyl (C=O) groups excluding carboxylic acids is 1. The van der Waals surface area contributed by atoms with Crippen LogP contribution in [0.3, 0.4) is 0 Å². The highest BCUT2D eigenvalue weighted by molar-refractivity contribution is 7.22. The number of hydrogen-bond donors (Lipinski definition) is 1. The van der Waals surface area contributed by atoms with Gasteiger partial charge in [0.1, 0.15) is 5.75 Å². The second kappa shape index (κ2) is 8.13. The molecular formula is C17H24N2O2S. The Bertz CT molecular complexity index is 624. The highest BCUT2D eigenvalue weighted by atomic mass is 32.1. The van der Waals surface area contributed by atoms with E-state index in [0.29, 0.717) is 11.7 Å². The van der Waals surface area contributed by atoms with Gasteiger partial charge >= 0.3 is 0 Å². The normalized spacial score (nSPS) is 12.3. The van der Waals surface area contributed by atoms with E-state index in [9.17, 15) is 4.79 Å². The van der Waals surface area contributed by atoms with Crippen LogP contribution in [-0.4, -0.2) is 17.5 Å². The van der Waals surface area contributed by atoms with Crippen LogP contribution in [0.1, 0.15) is 46.5 Å². The molecule has 4 nitrogen and oxygen atoms in total. The van der Waals surface area contributed by atoms with E-state index in [4.69, 9.17) is 4.74 Å². The predicted octanol–water partition coefficient (Wildman–Crippen LogP) is 4.85. The van der Waals surface area contributed by atoms with Crippen LogP contribution in [0.25, 0.3) is 10.2 Å².